The molecule has 0 saturated heterocycles. The van der Waals surface area contributed by atoms with Crippen molar-refractivity contribution >= 4 is 44.3 Å². The molecule has 116 valence electrons. The van der Waals surface area contributed by atoms with Crippen molar-refractivity contribution in [2.45, 2.75) is 6.92 Å². The van der Waals surface area contributed by atoms with Gasteiger partial charge in [0.05, 0.1) is 26.9 Å². The number of hydrogen-bond acceptors (Lipinski definition) is 9. The van der Waals surface area contributed by atoms with Gasteiger partial charge in [0.25, 0.3) is 5.69 Å². The number of hydrogen-bond donors (Lipinski definition) is 1. The topological polar surface area (TPSA) is 139 Å². The number of nitrogen functional groups attached to an aromatic ring is 1. The van der Waals surface area contributed by atoms with Crippen LogP contribution in [0, 0.1) is 20.2 Å². The van der Waals surface area contributed by atoms with Gasteiger partial charge in [-0.05, 0) is 13.0 Å². The van der Waals surface area contributed by atoms with E-state index in [4.69, 9.17) is 10.5 Å². The summed E-state index contributed by atoms with van der Waals surface area (Å²) >= 11 is 1.60. The molecule has 22 heavy (non-hydrogen) atoms. The quantitative estimate of drug-likeness (QED) is 0.500. The molecule has 2 heterocycles. The Balaban J connectivity index is 2.52. The number of anilines is 1. The second kappa shape index (κ2) is 6.07. The molecule has 0 unspecified atom stereocenters. The van der Waals surface area contributed by atoms with Gasteiger partial charge >= 0.3 is 11.0 Å². The van der Waals surface area contributed by atoms with Crippen LogP contribution in [0.4, 0.5) is 15.7 Å². The molecule has 9 nitrogen and oxygen atoms in total. The Bertz CT molecular complexity index is 766. The monoisotopic (exact) mass is 343 g/mol. The maximum atomic E-state index is 11.7. The van der Waals surface area contributed by atoms with Gasteiger partial charge in [-0.1, -0.05) is 11.3 Å². The lowest BCUT2D eigenvalue weighted by Gasteiger charge is -1.98. The molecule has 0 aromatic carbocycles. The molecule has 0 aliphatic carbocycles. The van der Waals surface area contributed by atoms with Crippen molar-refractivity contribution in [3.63, 3.8) is 0 Å². The number of rotatable bonds is 5. The van der Waals surface area contributed by atoms with Crippen molar-refractivity contribution in [3.05, 3.63) is 37.9 Å². The molecule has 0 radical (unpaired) electrons. The van der Waals surface area contributed by atoms with Crippen LogP contribution in [0.25, 0.3) is 9.75 Å². The van der Waals surface area contributed by atoms with Crippen LogP contribution < -0.4 is 5.73 Å². The third-order valence-corrected chi connectivity index (χ3v) is 4.78. The Kier molecular flexibility index (Phi) is 4.37. The maximum absolute atomic E-state index is 11.7. The molecular formula is C11H9N3O6S2. The standard InChI is InChI=1S/C11H9N3O6S2/c1-2-20-11(15)5-3-7(21-10(5)12)9-6(13(16)17)4-8(22-9)14(18)19/h3-4H,2,12H2,1H3. The summed E-state index contributed by atoms with van der Waals surface area (Å²) in [7, 11) is 0. The van der Waals surface area contributed by atoms with E-state index >= 15 is 0 Å². The van der Waals surface area contributed by atoms with Gasteiger partial charge in [-0.3, -0.25) is 20.2 Å². The Hall–Kier alpha value is -2.53. The maximum Gasteiger partial charge on any atom is 0.341 e. The van der Waals surface area contributed by atoms with Gasteiger partial charge in [0.1, 0.15) is 15.9 Å². The van der Waals surface area contributed by atoms with E-state index < -0.39 is 21.5 Å². The van der Waals surface area contributed by atoms with Gasteiger partial charge in [-0.25, -0.2) is 4.79 Å². The number of carbonyl (C=O) groups excluding carboxylic acids is 1. The highest BCUT2D eigenvalue weighted by molar-refractivity contribution is 7.26. The zero-order chi connectivity index (χ0) is 16.4. The number of thiophene rings is 2. The highest BCUT2D eigenvalue weighted by Gasteiger charge is 2.28. The van der Waals surface area contributed by atoms with Crippen molar-refractivity contribution < 1.29 is 19.4 Å². The second-order valence-electron chi connectivity index (χ2n) is 3.92. The summed E-state index contributed by atoms with van der Waals surface area (Å²) in [6.07, 6.45) is 0. The summed E-state index contributed by atoms with van der Waals surface area (Å²) in [5.74, 6) is -0.642. The number of esters is 1. The summed E-state index contributed by atoms with van der Waals surface area (Å²) in [5, 5.41) is 21.6. The largest absolute Gasteiger partial charge is 0.462 e. The van der Waals surface area contributed by atoms with Crippen LogP contribution in [0.3, 0.4) is 0 Å². The number of nitrogens with two attached hydrogens (primary N) is 1. The summed E-state index contributed by atoms with van der Waals surface area (Å²) in [6.45, 7) is 1.79. The van der Waals surface area contributed by atoms with Crippen LogP contribution >= 0.6 is 22.7 Å². The van der Waals surface area contributed by atoms with Crippen molar-refractivity contribution in [3.8, 4) is 9.75 Å². The fourth-order valence-corrected chi connectivity index (χ4v) is 3.62. The van der Waals surface area contributed by atoms with E-state index in [0.29, 0.717) is 16.2 Å². The van der Waals surface area contributed by atoms with Crippen molar-refractivity contribution in [1.29, 1.82) is 0 Å². The second-order valence-corrected chi connectivity index (χ2v) is 6.04. The van der Waals surface area contributed by atoms with Gasteiger partial charge in [-0.2, -0.15) is 0 Å². The first kappa shape index (κ1) is 15.9. The van der Waals surface area contributed by atoms with Crippen LogP contribution in [0.5, 0.6) is 0 Å². The Morgan fingerprint density at radius 3 is 2.50 bits per heavy atom. The average molecular weight is 343 g/mol. The highest BCUT2D eigenvalue weighted by atomic mass is 32.1. The summed E-state index contributed by atoms with van der Waals surface area (Å²) in [4.78, 5) is 32.5. The van der Waals surface area contributed by atoms with E-state index in [1.165, 1.54) is 6.07 Å². The Morgan fingerprint density at radius 2 is 1.95 bits per heavy atom. The molecule has 11 heteroatoms. The molecule has 0 amide bonds. The number of nitro groups is 2. The van der Waals surface area contributed by atoms with E-state index in [-0.39, 0.29) is 27.0 Å². The molecule has 0 fully saturated rings. The van der Waals surface area contributed by atoms with Gasteiger partial charge in [-0.15, -0.1) is 11.3 Å². The van der Waals surface area contributed by atoms with Crippen LogP contribution in [0.2, 0.25) is 0 Å². The molecule has 0 saturated carbocycles. The molecule has 2 aromatic rings. The summed E-state index contributed by atoms with van der Waals surface area (Å²) in [6, 6.07) is 2.24. The van der Waals surface area contributed by atoms with Crippen molar-refractivity contribution in [1.82, 2.24) is 0 Å². The minimum atomic E-state index is -0.710. The van der Waals surface area contributed by atoms with Crippen LogP contribution in [0.1, 0.15) is 17.3 Å². The lowest BCUT2D eigenvalue weighted by atomic mass is 10.2. The molecule has 2 rings (SSSR count). The van der Waals surface area contributed by atoms with Gasteiger partial charge in [0.15, 0.2) is 0 Å². The third kappa shape index (κ3) is 2.89. The minimum absolute atomic E-state index is 0.0870. The third-order valence-electron chi connectivity index (χ3n) is 2.56. The van der Waals surface area contributed by atoms with E-state index in [0.717, 1.165) is 17.4 Å². The molecule has 2 N–H and O–H groups in total. The van der Waals surface area contributed by atoms with Crippen molar-refractivity contribution in [2.24, 2.45) is 0 Å². The molecular weight excluding hydrogens is 334 g/mol. The molecule has 0 atom stereocenters. The molecule has 0 bridgehead atoms. The first-order valence-electron chi connectivity index (χ1n) is 5.84. The van der Waals surface area contributed by atoms with Crippen LogP contribution in [-0.2, 0) is 4.74 Å². The SMILES string of the molecule is CCOC(=O)c1cc(-c2sc([N+](=O)[O-])cc2[N+](=O)[O-])sc1N. The van der Waals surface area contributed by atoms with Crippen LogP contribution in [-0.4, -0.2) is 22.4 Å². The molecule has 0 aliphatic heterocycles. The Labute approximate surface area is 131 Å². The molecule has 0 aliphatic rings. The summed E-state index contributed by atoms with van der Waals surface area (Å²) in [5.41, 5.74) is 5.42. The smallest absolute Gasteiger partial charge is 0.341 e. The van der Waals surface area contributed by atoms with Crippen molar-refractivity contribution in [2.75, 3.05) is 12.3 Å². The fraction of sp³-hybridized carbons (Fsp3) is 0.182. The van der Waals surface area contributed by atoms with Gasteiger partial charge in [0, 0.05) is 0 Å². The number of carbonyl (C=O) groups is 1. The van der Waals surface area contributed by atoms with Gasteiger partial charge in [0.2, 0.25) is 0 Å². The highest BCUT2D eigenvalue weighted by Crippen LogP contribution is 2.45. The first-order valence-corrected chi connectivity index (χ1v) is 7.47. The fourth-order valence-electron chi connectivity index (χ4n) is 1.66. The number of nitrogens with zero attached hydrogens (tertiary/aromatic N) is 2. The predicted molar refractivity (Wildman–Crippen MR) is 81.3 cm³/mol. The normalized spacial score (nSPS) is 10.4. The first-order chi connectivity index (χ1) is 10.3. The lowest BCUT2D eigenvalue weighted by molar-refractivity contribution is -0.389. The molecule has 0 spiro atoms. The zero-order valence-electron chi connectivity index (χ0n) is 11.1. The van der Waals surface area contributed by atoms with E-state index in [1.54, 1.807) is 6.92 Å². The minimum Gasteiger partial charge on any atom is -0.462 e. The Morgan fingerprint density at radius 1 is 1.27 bits per heavy atom. The van der Waals surface area contributed by atoms with E-state index in [2.05, 4.69) is 0 Å². The lowest BCUT2D eigenvalue weighted by Crippen LogP contribution is -2.05. The molecule has 2 aromatic heterocycles. The van der Waals surface area contributed by atoms with E-state index in [9.17, 15) is 25.0 Å². The van der Waals surface area contributed by atoms with E-state index in [1.807, 2.05) is 0 Å². The zero-order valence-corrected chi connectivity index (χ0v) is 12.7. The van der Waals surface area contributed by atoms with Crippen LogP contribution in [0.15, 0.2) is 12.1 Å². The summed E-state index contributed by atoms with van der Waals surface area (Å²) < 4.78 is 4.83. The number of ether oxygens (including phenoxy) is 1. The van der Waals surface area contributed by atoms with Gasteiger partial charge < -0.3 is 10.5 Å². The predicted octanol–water partition coefficient (Wildman–Crippen LogP) is 3.05. The average Bonchev–Trinajstić information content (AvgIpc) is 3.02.